The number of hydrogen-bond donors (Lipinski definition) is 2. The molecule has 1 atom stereocenters. The van der Waals surface area contributed by atoms with Gasteiger partial charge in [-0.3, -0.25) is 13.3 Å². The van der Waals surface area contributed by atoms with Crippen molar-refractivity contribution in [3.8, 4) is 11.5 Å². The molecule has 5 rings (SSSR count). The first-order chi connectivity index (χ1) is 20.3. The van der Waals surface area contributed by atoms with Gasteiger partial charge in [0, 0.05) is 29.6 Å². The molecule has 1 amide bonds. The minimum Gasteiger partial charge on any atom is -0.755 e. The highest BCUT2D eigenvalue weighted by atomic mass is 32.2. The summed E-state index contributed by atoms with van der Waals surface area (Å²) < 4.78 is 51.2. The number of para-hydroxylation sites is 2. The summed E-state index contributed by atoms with van der Waals surface area (Å²) in [6.07, 6.45) is -0.192. The number of carbonyl (C=O) groups is 1. The number of benzene rings is 4. The van der Waals surface area contributed by atoms with Crippen LogP contribution in [0.4, 0.5) is 33.1 Å². The van der Waals surface area contributed by atoms with Gasteiger partial charge in [-0.15, -0.1) is 0 Å². The molecule has 0 aliphatic rings. The number of carbonyl (C=O) groups excluding carboxylic acids is 1. The Morgan fingerprint density at radius 3 is 2.21 bits per heavy atom. The molecular weight excluding hydrogens is 561 g/mol. The van der Waals surface area contributed by atoms with Crippen LogP contribution in [0, 0.1) is 5.82 Å². The smallest absolute Gasteiger partial charge is 0.228 e. The van der Waals surface area contributed by atoms with Crippen molar-refractivity contribution in [2.24, 2.45) is 0 Å². The second-order valence-electron chi connectivity index (χ2n) is 8.99. The van der Waals surface area contributed by atoms with Gasteiger partial charge in [0.05, 0.1) is 48.6 Å². The highest BCUT2D eigenvalue weighted by molar-refractivity contribution is 7.81. The third-order valence-corrected chi connectivity index (χ3v) is 6.86. The molecule has 1 heterocycles. The minimum atomic E-state index is -2.85. The van der Waals surface area contributed by atoms with Crippen molar-refractivity contribution in [2.45, 2.75) is 6.42 Å². The summed E-state index contributed by atoms with van der Waals surface area (Å²) in [6.45, 7) is 0. The largest absolute Gasteiger partial charge is 0.755 e. The first-order valence-corrected chi connectivity index (χ1v) is 13.7. The van der Waals surface area contributed by atoms with Crippen LogP contribution in [-0.4, -0.2) is 38.9 Å². The van der Waals surface area contributed by atoms with Gasteiger partial charge in [0.15, 0.2) is 11.6 Å². The Kier molecular flexibility index (Phi) is 8.55. The van der Waals surface area contributed by atoms with Gasteiger partial charge in [-0.2, -0.15) is 0 Å². The lowest BCUT2D eigenvalue weighted by atomic mass is 10.1. The molecule has 5 aromatic rings. The van der Waals surface area contributed by atoms with Gasteiger partial charge in [-0.05, 0) is 42.0 Å². The fourth-order valence-electron chi connectivity index (χ4n) is 4.24. The quantitative estimate of drug-likeness (QED) is 0.201. The number of aromatic nitrogens is 2. The first-order valence-electron chi connectivity index (χ1n) is 12.6. The number of hydrogen-bond acceptors (Lipinski definition) is 8. The zero-order valence-electron chi connectivity index (χ0n) is 22.5. The Morgan fingerprint density at radius 1 is 0.881 bits per heavy atom. The number of methoxy groups -OCH3 is 2. The predicted molar refractivity (Wildman–Crippen MR) is 159 cm³/mol. The fourth-order valence-corrected chi connectivity index (χ4v) is 4.80. The van der Waals surface area contributed by atoms with Crippen LogP contribution in [0.3, 0.4) is 0 Å². The summed E-state index contributed by atoms with van der Waals surface area (Å²) >= 11 is -2.85. The summed E-state index contributed by atoms with van der Waals surface area (Å²) in [5, 5.41) is 5.84. The van der Waals surface area contributed by atoms with E-state index < -0.39 is 23.0 Å². The van der Waals surface area contributed by atoms with Crippen LogP contribution < -0.4 is 24.4 Å². The Labute approximate surface area is 243 Å². The van der Waals surface area contributed by atoms with E-state index in [4.69, 9.17) is 9.47 Å². The maximum Gasteiger partial charge on any atom is 0.228 e. The van der Waals surface area contributed by atoms with Gasteiger partial charge in [0.2, 0.25) is 5.91 Å². The summed E-state index contributed by atoms with van der Waals surface area (Å²) in [4.78, 5) is 21.9. The zero-order valence-corrected chi connectivity index (χ0v) is 23.4. The third kappa shape index (κ3) is 6.45. The number of fused-ring (bicyclic) bond motifs is 1. The van der Waals surface area contributed by atoms with Gasteiger partial charge in [-0.1, -0.05) is 36.4 Å². The number of rotatable bonds is 10. The molecule has 214 valence electrons. The normalized spacial score (nSPS) is 11.5. The van der Waals surface area contributed by atoms with E-state index in [-0.39, 0.29) is 29.3 Å². The highest BCUT2D eigenvalue weighted by Crippen LogP contribution is 2.36. The van der Waals surface area contributed by atoms with Crippen LogP contribution in [-0.2, 0) is 22.5 Å². The van der Waals surface area contributed by atoms with Crippen molar-refractivity contribution in [1.29, 1.82) is 0 Å². The number of halogens is 1. The topological polar surface area (TPSA) is 129 Å². The van der Waals surface area contributed by atoms with E-state index in [1.807, 2.05) is 0 Å². The van der Waals surface area contributed by atoms with Crippen LogP contribution in [0.15, 0.2) is 91.0 Å². The summed E-state index contributed by atoms with van der Waals surface area (Å²) in [7, 11) is 3.04. The number of amides is 1. The molecule has 0 saturated heterocycles. The molecule has 0 fully saturated rings. The van der Waals surface area contributed by atoms with Crippen LogP contribution in [0.2, 0.25) is 0 Å². The molecule has 0 saturated carbocycles. The van der Waals surface area contributed by atoms with E-state index in [0.717, 1.165) is 4.31 Å². The summed E-state index contributed by atoms with van der Waals surface area (Å²) in [5.41, 5.74) is 2.25. The maximum atomic E-state index is 14.0. The molecule has 0 bridgehead atoms. The Hall–Kier alpha value is -5.07. The van der Waals surface area contributed by atoms with Gasteiger partial charge >= 0.3 is 0 Å². The fraction of sp³-hybridized carbons (Fsp3) is 0.100. The first kappa shape index (κ1) is 28.5. The number of anilines is 5. The van der Waals surface area contributed by atoms with Crippen LogP contribution in [0.1, 0.15) is 5.56 Å². The van der Waals surface area contributed by atoms with Crippen molar-refractivity contribution in [3.05, 3.63) is 102 Å². The van der Waals surface area contributed by atoms with E-state index in [1.165, 1.54) is 32.4 Å². The third-order valence-electron chi connectivity index (χ3n) is 6.18. The molecule has 4 aromatic carbocycles. The molecule has 12 heteroatoms. The van der Waals surface area contributed by atoms with Crippen molar-refractivity contribution < 1.29 is 27.4 Å². The Morgan fingerprint density at radius 2 is 1.55 bits per heavy atom. The Balaban J connectivity index is 1.53. The van der Waals surface area contributed by atoms with E-state index in [0.29, 0.717) is 33.9 Å². The number of nitrogens with zero attached hydrogens (tertiary/aromatic N) is 3. The molecule has 0 aliphatic heterocycles. The SMILES string of the molecule is COc1cc(Nc2nc3ccccc3nc2N(c2cccc(NC(=O)Cc3ccccc3F)c2)S(=O)[O-])cc(OC)c1. The molecule has 42 heavy (non-hydrogen) atoms. The average Bonchev–Trinajstić information content (AvgIpc) is 2.98. The highest BCUT2D eigenvalue weighted by Gasteiger charge is 2.21. The Bertz CT molecular complexity index is 1760. The van der Waals surface area contributed by atoms with Gasteiger partial charge in [0.1, 0.15) is 17.3 Å². The lowest BCUT2D eigenvalue weighted by molar-refractivity contribution is -0.115. The van der Waals surface area contributed by atoms with Crippen LogP contribution in [0.25, 0.3) is 11.0 Å². The molecule has 2 N–H and O–H groups in total. The molecular formula is C30H25FN5O5S-. The van der Waals surface area contributed by atoms with E-state index in [2.05, 4.69) is 20.6 Å². The number of ether oxygens (including phenoxy) is 2. The van der Waals surface area contributed by atoms with Crippen molar-refractivity contribution in [2.75, 3.05) is 29.2 Å². The average molecular weight is 587 g/mol. The standard InChI is InChI=1S/C30H26FN5O5S/c1-40-23-16-21(17-24(18-23)41-2)33-29-30(35-27-13-6-5-12-26(27)34-29)36(42(38)39)22-10-7-9-20(15-22)32-28(37)14-19-8-3-4-11-25(19)31/h3-13,15-18H,14H2,1-2H3,(H,32,37)(H,33,34)(H,38,39)/p-1. The second kappa shape index (κ2) is 12.6. The minimum absolute atomic E-state index is 0.0151. The van der Waals surface area contributed by atoms with E-state index in [1.54, 1.807) is 72.8 Å². The van der Waals surface area contributed by atoms with Crippen LogP contribution in [0.5, 0.6) is 11.5 Å². The van der Waals surface area contributed by atoms with E-state index in [9.17, 15) is 17.9 Å². The summed E-state index contributed by atoms with van der Waals surface area (Å²) in [5.74, 6) is 0.191. The van der Waals surface area contributed by atoms with Crippen molar-refractivity contribution >= 4 is 56.9 Å². The summed E-state index contributed by atoms with van der Waals surface area (Å²) in [6, 6.07) is 24.4. The van der Waals surface area contributed by atoms with Gasteiger partial charge in [0.25, 0.3) is 0 Å². The monoisotopic (exact) mass is 586 g/mol. The van der Waals surface area contributed by atoms with Crippen LogP contribution >= 0.6 is 0 Å². The second-order valence-corrected chi connectivity index (χ2v) is 9.79. The van der Waals surface area contributed by atoms with Crippen molar-refractivity contribution in [1.82, 2.24) is 9.97 Å². The van der Waals surface area contributed by atoms with E-state index >= 15 is 0 Å². The predicted octanol–water partition coefficient (Wildman–Crippen LogP) is 5.64. The van der Waals surface area contributed by atoms with Gasteiger partial charge in [-0.25, -0.2) is 14.4 Å². The molecule has 0 spiro atoms. The lowest BCUT2D eigenvalue weighted by Crippen LogP contribution is -2.23. The maximum absolute atomic E-state index is 14.0. The number of nitrogens with one attached hydrogen (secondary N) is 2. The molecule has 1 aromatic heterocycles. The molecule has 0 radical (unpaired) electrons. The zero-order chi connectivity index (χ0) is 29.6. The lowest BCUT2D eigenvalue weighted by Gasteiger charge is -2.27. The molecule has 0 aliphatic carbocycles. The van der Waals surface area contributed by atoms with Gasteiger partial charge < -0.3 is 24.7 Å². The molecule has 1 unspecified atom stereocenters. The molecule has 10 nitrogen and oxygen atoms in total. The van der Waals surface area contributed by atoms with Crippen molar-refractivity contribution in [3.63, 3.8) is 0 Å².